The van der Waals surface area contributed by atoms with Gasteiger partial charge < -0.3 is 0 Å². The summed E-state index contributed by atoms with van der Waals surface area (Å²) in [7, 11) is -3.53. The highest BCUT2D eigenvalue weighted by Crippen LogP contribution is 2.35. The molecule has 178 valence electrons. The van der Waals surface area contributed by atoms with Crippen LogP contribution < -0.4 is 5.43 Å². The quantitative estimate of drug-likeness (QED) is 0.364. The van der Waals surface area contributed by atoms with Crippen LogP contribution in [0.2, 0.25) is 5.02 Å². The molecule has 0 bridgehead atoms. The van der Waals surface area contributed by atoms with Gasteiger partial charge >= 0.3 is 6.18 Å². The molecule has 1 aliphatic carbocycles. The third-order valence-corrected chi connectivity index (χ3v) is 7.47. The SMILES string of the molecule is O=[N+]([O-])c1cc(C(F)(F)F)ccc1NN=C1CCCCC1CCS(=O)(=O)c1ccc(Cl)cc1. The molecule has 0 aromatic heterocycles. The molecule has 3 rings (SSSR count). The van der Waals surface area contributed by atoms with Crippen LogP contribution in [0.1, 0.15) is 37.7 Å². The zero-order valence-corrected chi connectivity index (χ0v) is 18.9. The van der Waals surface area contributed by atoms with E-state index in [1.807, 2.05) is 0 Å². The number of rotatable bonds is 7. The van der Waals surface area contributed by atoms with E-state index in [1.165, 1.54) is 24.3 Å². The molecule has 0 heterocycles. The maximum absolute atomic E-state index is 12.9. The molecule has 1 unspecified atom stereocenters. The van der Waals surface area contributed by atoms with Gasteiger partial charge in [-0.2, -0.15) is 18.3 Å². The second kappa shape index (κ2) is 10.1. The number of nitrogens with one attached hydrogen (secondary N) is 1. The Hall–Kier alpha value is -2.66. The molecular formula is C21H21ClF3N3O4S. The van der Waals surface area contributed by atoms with Crippen LogP contribution in [0, 0.1) is 16.0 Å². The highest BCUT2D eigenvalue weighted by Gasteiger charge is 2.33. The number of alkyl halides is 3. The smallest absolute Gasteiger partial charge is 0.272 e. The van der Waals surface area contributed by atoms with Gasteiger partial charge in [-0.1, -0.05) is 18.0 Å². The number of nitro benzene ring substituents is 1. The van der Waals surface area contributed by atoms with Crippen molar-refractivity contribution in [2.45, 2.75) is 43.2 Å². The summed E-state index contributed by atoms with van der Waals surface area (Å²) in [5.74, 6) is -0.277. The number of hydrazone groups is 1. The number of halogens is 4. The van der Waals surface area contributed by atoms with E-state index in [0.29, 0.717) is 36.1 Å². The molecule has 2 aromatic carbocycles. The molecule has 1 saturated carbocycles. The number of hydrogen-bond donors (Lipinski definition) is 1. The predicted molar refractivity (Wildman–Crippen MR) is 119 cm³/mol. The number of nitrogens with zero attached hydrogens (tertiary/aromatic N) is 2. The molecule has 7 nitrogen and oxygen atoms in total. The minimum atomic E-state index is -4.71. The standard InChI is InChI=1S/C21H21ClF3N3O4S/c22-16-6-8-17(9-7-16)33(31,32)12-11-14-3-1-2-4-18(14)26-27-19-10-5-15(21(23,24)25)13-20(19)28(29)30/h5-10,13-14,27H,1-4,11-12H2. The van der Waals surface area contributed by atoms with Gasteiger partial charge in [0, 0.05) is 22.7 Å². The summed E-state index contributed by atoms with van der Waals surface area (Å²) < 4.78 is 63.9. The number of benzene rings is 2. The van der Waals surface area contributed by atoms with Gasteiger partial charge in [-0.25, -0.2) is 8.42 Å². The van der Waals surface area contributed by atoms with Gasteiger partial charge in [-0.05, 0) is 62.1 Å². The normalized spacial score (nSPS) is 18.3. The van der Waals surface area contributed by atoms with Crippen LogP contribution in [0.5, 0.6) is 0 Å². The molecule has 0 saturated heterocycles. The fourth-order valence-corrected chi connectivity index (χ4v) is 5.18. The minimum absolute atomic E-state index is 0.112. The summed E-state index contributed by atoms with van der Waals surface area (Å²) in [6.45, 7) is 0. The number of sulfone groups is 1. The molecule has 0 amide bonds. The van der Waals surface area contributed by atoms with Crippen molar-refractivity contribution >= 4 is 38.5 Å². The molecule has 1 atom stereocenters. The summed E-state index contributed by atoms with van der Waals surface area (Å²) in [6.07, 6.45) is -1.44. The zero-order chi connectivity index (χ0) is 24.2. The van der Waals surface area contributed by atoms with Crippen molar-refractivity contribution in [3.63, 3.8) is 0 Å². The monoisotopic (exact) mass is 503 g/mol. The van der Waals surface area contributed by atoms with Gasteiger partial charge in [0.1, 0.15) is 5.69 Å². The Bertz CT molecular complexity index is 1150. The van der Waals surface area contributed by atoms with E-state index in [2.05, 4.69) is 10.5 Å². The van der Waals surface area contributed by atoms with Crippen LogP contribution >= 0.6 is 11.6 Å². The van der Waals surface area contributed by atoms with Crippen molar-refractivity contribution in [2.75, 3.05) is 11.2 Å². The van der Waals surface area contributed by atoms with Crippen LogP contribution in [0.4, 0.5) is 24.5 Å². The highest BCUT2D eigenvalue weighted by atomic mass is 35.5. The van der Waals surface area contributed by atoms with E-state index < -0.39 is 32.2 Å². The molecule has 33 heavy (non-hydrogen) atoms. The predicted octanol–water partition coefficient (Wildman–Crippen LogP) is 6.09. The second-order valence-corrected chi connectivity index (χ2v) is 10.3. The van der Waals surface area contributed by atoms with Gasteiger partial charge in [0.05, 0.1) is 21.1 Å². The molecule has 12 heteroatoms. The first kappa shape index (κ1) is 25.0. The van der Waals surface area contributed by atoms with E-state index in [9.17, 15) is 31.7 Å². The molecule has 2 aromatic rings. The van der Waals surface area contributed by atoms with Gasteiger partial charge in [-0.15, -0.1) is 0 Å². The van der Waals surface area contributed by atoms with Gasteiger partial charge in [0.15, 0.2) is 9.84 Å². The van der Waals surface area contributed by atoms with Crippen LogP contribution in [0.15, 0.2) is 52.5 Å². The molecule has 0 radical (unpaired) electrons. The van der Waals surface area contributed by atoms with Crippen molar-refractivity contribution < 1.29 is 26.5 Å². The number of anilines is 1. The first-order valence-corrected chi connectivity index (χ1v) is 12.2. The lowest BCUT2D eigenvalue weighted by Crippen LogP contribution is -2.23. The average molecular weight is 504 g/mol. The topological polar surface area (TPSA) is 102 Å². The Morgan fingerprint density at radius 1 is 1.15 bits per heavy atom. The van der Waals surface area contributed by atoms with Crippen LogP contribution in [0.25, 0.3) is 0 Å². The molecule has 1 N–H and O–H groups in total. The largest absolute Gasteiger partial charge is 0.416 e. The first-order valence-electron chi connectivity index (χ1n) is 10.1. The maximum atomic E-state index is 12.9. The van der Waals surface area contributed by atoms with Crippen molar-refractivity contribution in [3.05, 3.63) is 63.2 Å². The van der Waals surface area contributed by atoms with Crippen molar-refractivity contribution in [2.24, 2.45) is 11.0 Å². The summed E-state index contributed by atoms with van der Waals surface area (Å²) >= 11 is 5.81. The Morgan fingerprint density at radius 3 is 2.48 bits per heavy atom. The lowest BCUT2D eigenvalue weighted by molar-refractivity contribution is -0.384. The second-order valence-electron chi connectivity index (χ2n) is 7.71. The Labute approximate surface area is 193 Å². The van der Waals surface area contributed by atoms with Gasteiger partial charge in [0.25, 0.3) is 5.69 Å². The lowest BCUT2D eigenvalue weighted by atomic mass is 9.85. The molecule has 1 aliphatic rings. The molecular weight excluding hydrogens is 483 g/mol. The fourth-order valence-electron chi connectivity index (χ4n) is 3.67. The van der Waals surface area contributed by atoms with E-state index in [0.717, 1.165) is 25.0 Å². The maximum Gasteiger partial charge on any atom is 0.416 e. The Kier molecular flexibility index (Phi) is 7.63. The van der Waals surface area contributed by atoms with Gasteiger partial charge in [-0.3, -0.25) is 15.5 Å². The molecule has 0 spiro atoms. The molecule has 1 fully saturated rings. The highest BCUT2D eigenvalue weighted by molar-refractivity contribution is 7.91. The van der Waals surface area contributed by atoms with Crippen LogP contribution in [-0.4, -0.2) is 24.8 Å². The van der Waals surface area contributed by atoms with Crippen molar-refractivity contribution in [1.29, 1.82) is 0 Å². The van der Waals surface area contributed by atoms with E-state index in [1.54, 1.807) is 0 Å². The van der Waals surface area contributed by atoms with E-state index >= 15 is 0 Å². The molecule has 0 aliphatic heterocycles. The number of nitro groups is 1. The van der Waals surface area contributed by atoms with Crippen molar-refractivity contribution in [1.82, 2.24) is 0 Å². The Morgan fingerprint density at radius 2 is 1.85 bits per heavy atom. The third kappa shape index (κ3) is 6.44. The van der Waals surface area contributed by atoms with Crippen molar-refractivity contribution in [3.8, 4) is 0 Å². The lowest BCUT2D eigenvalue weighted by Gasteiger charge is -2.24. The summed E-state index contributed by atoms with van der Waals surface area (Å²) in [4.78, 5) is 10.5. The van der Waals surface area contributed by atoms with Gasteiger partial charge in [0.2, 0.25) is 0 Å². The van der Waals surface area contributed by atoms with E-state index in [-0.39, 0.29) is 22.3 Å². The van der Waals surface area contributed by atoms with Crippen LogP contribution in [-0.2, 0) is 16.0 Å². The minimum Gasteiger partial charge on any atom is -0.272 e. The van der Waals surface area contributed by atoms with Crippen LogP contribution in [0.3, 0.4) is 0 Å². The summed E-state index contributed by atoms with van der Waals surface area (Å²) in [5.41, 5.74) is 1.12. The Balaban J connectivity index is 1.76. The number of hydrogen-bond acceptors (Lipinski definition) is 6. The summed E-state index contributed by atoms with van der Waals surface area (Å²) in [6, 6.07) is 8.06. The average Bonchev–Trinajstić information content (AvgIpc) is 2.76. The van der Waals surface area contributed by atoms with E-state index in [4.69, 9.17) is 11.6 Å². The summed E-state index contributed by atoms with van der Waals surface area (Å²) in [5, 5.41) is 15.9. The zero-order valence-electron chi connectivity index (χ0n) is 17.3. The first-order chi connectivity index (χ1) is 15.5. The fraction of sp³-hybridized carbons (Fsp3) is 0.381. The third-order valence-electron chi connectivity index (χ3n) is 5.46.